The minimum absolute atomic E-state index is 0.0236. The number of likely N-dealkylation sites (tertiary alicyclic amines) is 2. The van der Waals surface area contributed by atoms with Crippen molar-refractivity contribution in [2.45, 2.75) is 56.9 Å². The minimum Gasteiger partial charge on any atom is -0.383 e. The monoisotopic (exact) mass is 308 g/mol. The molecule has 1 saturated carbocycles. The van der Waals surface area contributed by atoms with Crippen molar-refractivity contribution in [3.63, 3.8) is 0 Å². The highest BCUT2D eigenvalue weighted by molar-refractivity contribution is 5.80. The molecule has 1 atom stereocenters. The highest BCUT2D eigenvalue weighted by Gasteiger charge is 2.45. The van der Waals surface area contributed by atoms with Crippen LogP contribution in [-0.4, -0.2) is 60.5 Å². The molecule has 3 aliphatic rings. The number of hydrogen-bond donors (Lipinski definition) is 0. The molecule has 0 bridgehead atoms. The molecule has 5 heteroatoms. The molecule has 5 nitrogen and oxygen atoms in total. The first-order valence-corrected chi connectivity index (χ1v) is 8.72. The average molecular weight is 308 g/mol. The molecule has 0 aromatic heterocycles. The van der Waals surface area contributed by atoms with Gasteiger partial charge in [0, 0.05) is 45.1 Å². The van der Waals surface area contributed by atoms with E-state index in [1.54, 1.807) is 7.11 Å². The number of carbonyl (C=O) groups is 2. The van der Waals surface area contributed by atoms with Crippen molar-refractivity contribution >= 4 is 11.8 Å². The van der Waals surface area contributed by atoms with Crippen LogP contribution in [0.2, 0.25) is 0 Å². The Labute approximate surface area is 133 Å². The van der Waals surface area contributed by atoms with Crippen LogP contribution in [0.3, 0.4) is 0 Å². The summed E-state index contributed by atoms with van der Waals surface area (Å²) in [7, 11) is 1.68. The van der Waals surface area contributed by atoms with Gasteiger partial charge in [-0.3, -0.25) is 9.59 Å². The van der Waals surface area contributed by atoms with Crippen molar-refractivity contribution in [3.8, 4) is 0 Å². The van der Waals surface area contributed by atoms with Gasteiger partial charge in [-0.15, -0.1) is 0 Å². The quantitative estimate of drug-likeness (QED) is 0.778. The van der Waals surface area contributed by atoms with Crippen LogP contribution in [0.1, 0.15) is 51.4 Å². The number of rotatable bonds is 5. The van der Waals surface area contributed by atoms with Crippen molar-refractivity contribution in [2.75, 3.05) is 33.4 Å². The largest absolute Gasteiger partial charge is 0.383 e. The van der Waals surface area contributed by atoms with E-state index in [4.69, 9.17) is 4.74 Å². The molecule has 2 amide bonds. The van der Waals surface area contributed by atoms with Crippen molar-refractivity contribution in [2.24, 2.45) is 5.92 Å². The predicted octanol–water partition coefficient (Wildman–Crippen LogP) is 1.81. The van der Waals surface area contributed by atoms with E-state index in [1.165, 1.54) is 12.8 Å². The van der Waals surface area contributed by atoms with Crippen LogP contribution in [0.15, 0.2) is 0 Å². The van der Waals surface area contributed by atoms with Crippen LogP contribution >= 0.6 is 0 Å². The Bertz CT molecular complexity index is 436. The van der Waals surface area contributed by atoms with E-state index in [1.807, 2.05) is 9.80 Å². The third-order valence-electron chi connectivity index (χ3n) is 5.63. The number of methoxy groups -OCH3 is 1. The molecule has 2 saturated heterocycles. The Morgan fingerprint density at radius 3 is 2.82 bits per heavy atom. The molecule has 0 unspecified atom stereocenters. The molecular weight excluding hydrogens is 280 g/mol. The van der Waals surface area contributed by atoms with Crippen LogP contribution in [-0.2, 0) is 14.3 Å². The first-order chi connectivity index (χ1) is 10.6. The van der Waals surface area contributed by atoms with Crippen LogP contribution in [0, 0.1) is 5.92 Å². The van der Waals surface area contributed by atoms with Gasteiger partial charge < -0.3 is 14.5 Å². The number of hydrogen-bond acceptors (Lipinski definition) is 3. The Hall–Kier alpha value is -1.10. The Balaban J connectivity index is 1.62. The summed E-state index contributed by atoms with van der Waals surface area (Å²) >= 11 is 0. The fourth-order valence-electron chi connectivity index (χ4n) is 4.06. The molecule has 0 radical (unpaired) electrons. The summed E-state index contributed by atoms with van der Waals surface area (Å²) < 4.78 is 5.17. The van der Waals surface area contributed by atoms with Gasteiger partial charge in [-0.1, -0.05) is 0 Å². The maximum Gasteiger partial charge on any atom is 0.223 e. The van der Waals surface area contributed by atoms with E-state index in [9.17, 15) is 9.59 Å². The Morgan fingerprint density at radius 2 is 2.09 bits per heavy atom. The lowest BCUT2D eigenvalue weighted by Gasteiger charge is -2.38. The molecule has 3 rings (SSSR count). The summed E-state index contributed by atoms with van der Waals surface area (Å²) in [6.07, 6.45) is 7.74. The van der Waals surface area contributed by atoms with Crippen molar-refractivity contribution in [1.82, 2.24) is 9.80 Å². The summed E-state index contributed by atoms with van der Waals surface area (Å²) in [5.74, 6) is 1.23. The van der Waals surface area contributed by atoms with Gasteiger partial charge in [-0.25, -0.2) is 0 Å². The van der Waals surface area contributed by atoms with Gasteiger partial charge >= 0.3 is 0 Å². The highest BCUT2D eigenvalue weighted by Crippen LogP contribution is 2.39. The maximum absolute atomic E-state index is 12.3. The van der Waals surface area contributed by atoms with Crippen LogP contribution in [0.4, 0.5) is 0 Å². The molecule has 0 aromatic rings. The number of nitrogens with zero attached hydrogens (tertiary/aromatic N) is 2. The molecule has 124 valence electrons. The van der Waals surface area contributed by atoms with E-state index in [0.29, 0.717) is 31.4 Å². The van der Waals surface area contributed by atoms with Crippen LogP contribution in [0.25, 0.3) is 0 Å². The predicted molar refractivity (Wildman–Crippen MR) is 83.3 cm³/mol. The first kappa shape index (κ1) is 15.8. The van der Waals surface area contributed by atoms with Crippen molar-refractivity contribution in [1.29, 1.82) is 0 Å². The van der Waals surface area contributed by atoms with Gasteiger partial charge in [0.25, 0.3) is 0 Å². The Kier molecular flexibility index (Phi) is 4.71. The second kappa shape index (κ2) is 6.57. The normalized spacial score (nSPS) is 29.2. The van der Waals surface area contributed by atoms with Crippen molar-refractivity contribution < 1.29 is 14.3 Å². The fourth-order valence-corrected chi connectivity index (χ4v) is 4.06. The maximum atomic E-state index is 12.3. The molecule has 0 N–H and O–H groups in total. The third-order valence-corrected chi connectivity index (χ3v) is 5.63. The molecule has 1 spiro atoms. The van der Waals surface area contributed by atoms with E-state index >= 15 is 0 Å². The Morgan fingerprint density at radius 1 is 1.27 bits per heavy atom. The lowest BCUT2D eigenvalue weighted by molar-refractivity contribution is -0.132. The first-order valence-electron chi connectivity index (χ1n) is 8.72. The molecule has 1 aliphatic carbocycles. The molecule has 22 heavy (non-hydrogen) atoms. The van der Waals surface area contributed by atoms with Gasteiger partial charge in [-0.05, 0) is 44.4 Å². The van der Waals surface area contributed by atoms with Crippen LogP contribution in [0.5, 0.6) is 0 Å². The van der Waals surface area contributed by atoms with E-state index in [2.05, 4.69) is 0 Å². The number of carbonyl (C=O) groups excluding carboxylic acids is 2. The molecule has 0 aromatic carbocycles. The average Bonchev–Trinajstić information content (AvgIpc) is 3.28. The minimum atomic E-state index is -0.0236. The van der Waals surface area contributed by atoms with Gasteiger partial charge in [-0.2, -0.15) is 0 Å². The van der Waals surface area contributed by atoms with Crippen LogP contribution < -0.4 is 0 Å². The fraction of sp³-hybridized carbons (Fsp3) is 0.882. The van der Waals surface area contributed by atoms with Gasteiger partial charge in [0.2, 0.25) is 11.8 Å². The summed E-state index contributed by atoms with van der Waals surface area (Å²) in [4.78, 5) is 28.7. The lowest BCUT2D eigenvalue weighted by Crippen LogP contribution is -2.48. The zero-order valence-corrected chi connectivity index (χ0v) is 13.7. The smallest absolute Gasteiger partial charge is 0.223 e. The second-order valence-corrected chi connectivity index (χ2v) is 7.14. The van der Waals surface area contributed by atoms with E-state index in [0.717, 1.165) is 45.2 Å². The zero-order valence-electron chi connectivity index (χ0n) is 13.7. The van der Waals surface area contributed by atoms with E-state index < -0.39 is 0 Å². The van der Waals surface area contributed by atoms with E-state index in [-0.39, 0.29) is 11.4 Å². The summed E-state index contributed by atoms with van der Waals surface area (Å²) in [5, 5.41) is 0. The van der Waals surface area contributed by atoms with Gasteiger partial charge in [0.05, 0.1) is 6.61 Å². The molecule has 2 heterocycles. The summed E-state index contributed by atoms with van der Waals surface area (Å²) in [6, 6.07) is 0. The molecule has 3 fully saturated rings. The molecular formula is C17H28N2O3. The second-order valence-electron chi connectivity index (χ2n) is 7.14. The standard InChI is InChI=1S/C17H28N2O3/c1-22-12-11-19-15(20)5-7-17(19)6-2-9-18(10-8-17)16(21)13-14-3-4-14/h14H,2-13H2,1H3/t17-/m1/s1. The third kappa shape index (κ3) is 3.29. The SMILES string of the molecule is COCCN1C(=O)CC[C@@]12CCCN(C(=O)CC1CC1)CC2. The zero-order chi connectivity index (χ0) is 15.6. The highest BCUT2D eigenvalue weighted by atomic mass is 16.5. The summed E-state index contributed by atoms with van der Waals surface area (Å²) in [5.41, 5.74) is -0.0236. The lowest BCUT2D eigenvalue weighted by atomic mass is 9.88. The molecule has 2 aliphatic heterocycles. The summed E-state index contributed by atoms with van der Waals surface area (Å²) in [6.45, 7) is 2.95. The number of ether oxygens (including phenoxy) is 1. The number of amides is 2. The van der Waals surface area contributed by atoms with Crippen molar-refractivity contribution in [3.05, 3.63) is 0 Å². The van der Waals surface area contributed by atoms with Gasteiger partial charge in [0.15, 0.2) is 0 Å². The topological polar surface area (TPSA) is 49.9 Å². The van der Waals surface area contributed by atoms with Gasteiger partial charge in [0.1, 0.15) is 0 Å².